The first-order chi connectivity index (χ1) is 12.5. The van der Waals surface area contributed by atoms with Gasteiger partial charge in [-0.3, -0.25) is 4.79 Å². The number of hydrogen-bond donors (Lipinski definition) is 2. The van der Waals surface area contributed by atoms with E-state index >= 15 is 0 Å². The van der Waals surface area contributed by atoms with Gasteiger partial charge in [-0.2, -0.15) is 0 Å². The number of para-hydroxylation sites is 1. The first-order valence-corrected chi connectivity index (χ1v) is 8.79. The molecule has 140 valence electrons. The third kappa shape index (κ3) is 3.55. The molecule has 0 spiro atoms. The van der Waals surface area contributed by atoms with E-state index in [1.165, 1.54) is 19.2 Å². The molecule has 0 saturated carbocycles. The molecule has 0 radical (unpaired) electrons. The number of nitrogens with one attached hydrogen (secondary N) is 2. The lowest BCUT2D eigenvalue weighted by atomic mass is 10.0. The summed E-state index contributed by atoms with van der Waals surface area (Å²) in [6.07, 6.45) is 0.795. The van der Waals surface area contributed by atoms with Crippen LogP contribution in [0, 0.1) is 11.7 Å². The van der Waals surface area contributed by atoms with Crippen molar-refractivity contribution in [2.45, 2.75) is 32.9 Å². The van der Waals surface area contributed by atoms with Crippen molar-refractivity contribution in [2.24, 2.45) is 5.92 Å². The van der Waals surface area contributed by atoms with Crippen LogP contribution in [-0.2, 0) is 13.0 Å². The maximum absolute atomic E-state index is 13.9. The summed E-state index contributed by atoms with van der Waals surface area (Å²) in [5, 5.41) is 14.9. The van der Waals surface area contributed by atoms with E-state index in [0.29, 0.717) is 0 Å². The third-order valence-electron chi connectivity index (χ3n) is 4.54. The maximum Gasteiger partial charge on any atom is 0.255 e. The van der Waals surface area contributed by atoms with Gasteiger partial charge in [-0.1, -0.05) is 19.9 Å². The van der Waals surface area contributed by atoms with E-state index in [1.54, 1.807) is 6.07 Å². The molecule has 0 aliphatic carbocycles. The molecular formula is C18H24FN5O2. The maximum atomic E-state index is 13.9. The van der Waals surface area contributed by atoms with Crippen LogP contribution in [0.15, 0.2) is 18.2 Å². The summed E-state index contributed by atoms with van der Waals surface area (Å²) in [4.78, 5) is 12.8. The molecule has 0 fully saturated rings. The Morgan fingerprint density at radius 1 is 1.35 bits per heavy atom. The lowest BCUT2D eigenvalue weighted by Crippen LogP contribution is -2.34. The minimum absolute atomic E-state index is 0.0585. The Labute approximate surface area is 151 Å². The van der Waals surface area contributed by atoms with Gasteiger partial charge in [-0.25, -0.2) is 4.39 Å². The van der Waals surface area contributed by atoms with E-state index in [-0.39, 0.29) is 23.3 Å². The highest BCUT2D eigenvalue weighted by atomic mass is 19.1. The summed E-state index contributed by atoms with van der Waals surface area (Å²) in [6, 6.07) is 3.96. The van der Waals surface area contributed by atoms with Crippen LogP contribution >= 0.6 is 0 Å². The number of ether oxygens (including phenoxy) is 1. The molecule has 1 aliphatic heterocycles. The van der Waals surface area contributed by atoms with E-state index < -0.39 is 11.7 Å². The predicted octanol–water partition coefficient (Wildman–Crippen LogP) is 1.70. The molecule has 1 amide bonds. The SMILES string of the molecule is COc1c(F)cccc1C(=O)N[C@H](c1nnc2n1CCNCC2)C(C)C. The number of methoxy groups -OCH3 is 1. The number of nitrogens with zero attached hydrogens (tertiary/aromatic N) is 3. The Morgan fingerprint density at radius 3 is 2.88 bits per heavy atom. The summed E-state index contributed by atoms with van der Waals surface area (Å²) in [5.41, 5.74) is 0.162. The van der Waals surface area contributed by atoms with Crippen LogP contribution in [0.1, 0.15) is 41.9 Å². The first kappa shape index (κ1) is 18.3. The van der Waals surface area contributed by atoms with E-state index in [1.807, 2.05) is 13.8 Å². The lowest BCUT2D eigenvalue weighted by Gasteiger charge is -2.23. The quantitative estimate of drug-likeness (QED) is 0.847. The Bertz CT molecular complexity index is 790. The van der Waals surface area contributed by atoms with Gasteiger partial charge in [0.15, 0.2) is 17.4 Å². The summed E-state index contributed by atoms with van der Waals surface area (Å²) in [7, 11) is 1.35. The van der Waals surface area contributed by atoms with Crippen molar-refractivity contribution >= 4 is 5.91 Å². The zero-order valence-corrected chi connectivity index (χ0v) is 15.3. The number of carbonyl (C=O) groups is 1. The van der Waals surface area contributed by atoms with Gasteiger partial charge in [0.2, 0.25) is 0 Å². The topological polar surface area (TPSA) is 81.1 Å². The van der Waals surface area contributed by atoms with E-state index in [9.17, 15) is 9.18 Å². The standard InChI is InChI=1S/C18H24FN5O2/c1-11(2)15(17-23-22-14-7-8-20-9-10-24(14)17)21-18(25)12-5-4-6-13(19)16(12)26-3/h4-6,11,15,20H,7-10H2,1-3H3,(H,21,25)/t15-/m0/s1. The number of hydrogen-bond acceptors (Lipinski definition) is 5. The monoisotopic (exact) mass is 361 g/mol. The normalized spacial score (nSPS) is 15.3. The average Bonchev–Trinajstić information content (AvgIpc) is 2.86. The fraction of sp³-hybridized carbons (Fsp3) is 0.500. The number of benzene rings is 1. The van der Waals surface area contributed by atoms with Crippen molar-refractivity contribution in [1.82, 2.24) is 25.4 Å². The van der Waals surface area contributed by atoms with Crippen LogP contribution in [0.3, 0.4) is 0 Å². The molecule has 1 atom stereocenters. The summed E-state index contributed by atoms with van der Waals surface area (Å²) in [5.74, 6) is 0.697. The first-order valence-electron chi connectivity index (χ1n) is 8.79. The van der Waals surface area contributed by atoms with E-state index in [0.717, 1.165) is 37.7 Å². The predicted molar refractivity (Wildman–Crippen MR) is 94.6 cm³/mol. The second-order valence-electron chi connectivity index (χ2n) is 6.64. The molecule has 1 aromatic carbocycles. The summed E-state index contributed by atoms with van der Waals surface area (Å²) < 4.78 is 21.0. The number of carbonyl (C=O) groups excluding carboxylic acids is 1. The molecule has 0 saturated heterocycles. The van der Waals surface area contributed by atoms with Crippen molar-refractivity contribution in [3.63, 3.8) is 0 Å². The second kappa shape index (κ2) is 7.82. The van der Waals surface area contributed by atoms with Crippen LogP contribution in [-0.4, -0.2) is 40.9 Å². The van der Waals surface area contributed by atoms with Gasteiger partial charge in [0, 0.05) is 26.1 Å². The van der Waals surface area contributed by atoms with Gasteiger partial charge >= 0.3 is 0 Å². The summed E-state index contributed by atoms with van der Waals surface area (Å²) >= 11 is 0. The van der Waals surface area contributed by atoms with Crippen LogP contribution in [0.25, 0.3) is 0 Å². The highest BCUT2D eigenvalue weighted by Crippen LogP contribution is 2.26. The summed E-state index contributed by atoms with van der Waals surface area (Å²) in [6.45, 7) is 6.45. The molecule has 26 heavy (non-hydrogen) atoms. The van der Waals surface area contributed by atoms with Gasteiger partial charge in [0.1, 0.15) is 5.82 Å². The highest BCUT2D eigenvalue weighted by Gasteiger charge is 2.28. The van der Waals surface area contributed by atoms with Crippen molar-refractivity contribution in [3.05, 3.63) is 41.2 Å². The fourth-order valence-electron chi connectivity index (χ4n) is 3.17. The van der Waals surface area contributed by atoms with Crippen molar-refractivity contribution in [1.29, 1.82) is 0 Å². The minimum Gasteiger partial charge on any atom is -0.493 e. The van der Waals surface area contributed by atoms with Gasteiger partial charge in [0.05, 0.1) is 18.7 Å². The van der Waals surface area contributed by atoms with Crippen LogP contribution in [0.5, 0.6) is 5.75 Å². The molecule has 8 heteroatoms. The Hall–Kier alpha value is -2.48. The second-order valence-corrected chi connectivity index (χ2v) is 6.64. The molecule has 0 bridgehead atoms. The average molecular weight is 361 g/mol. The van der Waals surface area contributed by atoms with Crippen LogP contribution in [0.2, 0.25) is 0 Å². The molecule has 7 nitrogen and oxygen atoms in total. The van der Waals surface area contributed by atoms with Crippen molar-refractivity contribution < 1.29 is 13.9 Å². The van der Waals surface area contributed by atoms with Gasteiger partial charge in [0.25, 0.3) is 5.91 Å². The Kier molecular flexibility index (Phi) is 5.51. The third-order valence-corrected chi connectivity index (χ3v) is 4.54. The largest absolute Gasteiger partial charge is 0.493 e. The Balaban J connectivity index is 1.90. The zero-order chi connectivity index (χ0) is 18.7. The van der Waals surface area contributed by atoms with Gasteiger partial charge < -0.3 is 19.9 Å². The molecule has 3 rings (SSSR count). The lowest BCUT2D eigenvalue weighted by molar-refractivity contribution is 0.0918. The van der Waals surface area contributed by atoms with Crippen LogP contribution < -0.4 is 15.4 Å². The molecular weight excluding hydrogens is 337 g/mol. The number of rotatable bonds is 5. The van der Waals surface area contributed by atoms with Crippen molar-refractivity contribution in [2.75, 3.05) is 20.2 Å². The fourth-order valence-corrected chi connectivity index (χ4v) is 3.17. The van der Waals surface area contributed by atoms with E-state index in [2.05, 4.69) is 25.4 Å². The molecule has 2 N–H and O–H groups in total. The van der Waals surface area contributed by atoms with E-state index in [4.69, 9.17) is 4.74 Å². The molecule has 2 aromatic rings. The minimum atomic E-state index is -0.566. The van der Waals surface area contributed by atoms with Gasteiger partial charge in [-0.15, -0.1) is 10.2 Å². The van der Waals surface area contributed by atoms with Gasteiger partial charge in [-0.05, 0) is 18.1 Å². The zero-order valence-electron chi connectivity index (χ0n) is 15.3. The molecule has 2 heterocycles. The molecule has 0 unspecified atom stereocenters. The highest BCUT2D eigenvalue weighted by molar-refractivity contribution is 5.97. The van der Waals surface area contributed by atoms with Crippen molar-refractivity contribution in [3.8, 4) is 5.75 Å². The number of aromatic nitrogens is 3. The molecule has 1 aliphatic rings. The number of fused-ring (bicyclic) bond motifs is 1. The number of amides is 1. The smallest absolute Gasteiger partial charge is 0.255 e. The molecule has 1 aromatic heterocycles. The Morgan fingerprint density at radius 2 is 2.15 bits per heavy atom. The van der Waals surface area contributed by atoms with Crippen LogP contribution in [0.4, 0.5) is 4.39 Å². The number of halogens is 1.